The number of pyridine rings is 1. The first-order chi connectivity index (χ1) is 10.4. The van der Waals surface area contributed by atoms with E-state index in [4.69, 9.17) is 4.79 Å². The maximum atomic E-state index is 11.6. The molecular formula is C14H12F3N3O2. The van der Waals surface area contributed by atoms with Crippen LogP contribution in [0.15, 0.2) is 30.6 Å². The Labute approximate surface area is 123 Å². The van der Waals surface area contributed by atoms with Crippen LogP contribution in [0, 0.1) is 0 Å². The van der Waals surface area contributed by atoms with Gasteiger partial charge in [-0.05, 0) is 18.2 Å². The highest BCUT2D eigenvalue weighted by molar-refractivity contribution is 5.97. The maximum absolute atomic E-state index is 11.6. The average molecular weight is 311 g/mol. The van der Waals surface area contributed by atoms with Crippen LogP contribution >= 0.6 is 0 Å². The lowest BCUT2D eigenvalue weighted by atomic mass is 10.1. The summed E-state index contributed by atoms with van der Waals surface area (Å²) < 4.78 is 31.2. The summed E-state index contributed by atoms with van der Waals surface area (Å²) >= 11 is 0. The van der Waals surface area contributed by atoms with Gasteiger partial charge in [0.2, 0.25) is 6.29 Å². The third-order valence-corrected chi connectivity index (χ3v) is 2.91. The first-order valence-corrected chi connectivity index (χ1v) is 6.34. The maximum Gasteiger partial charge on any atom is 0.446 e. The summed E-state index contributed by atoms with van der Waals surface area (Å²) in [4.78, 5) is 27.6. The lowest BCUT2D eigenvalue weighted by Gasteiger charge is -2.10. The van der Waals surface area contributed by atoms with Crippen LogP contribution in [0.4, 0.5) is 13.2 Å². The first-order valence-electron chi connectivity index (χ1n) is 6.34. The zero-order valence-corrected chi connectivity index (χ0v) is 11.3. The van der Waals surface area contributed by atoms with Crippen LogP contribution < -0.4 is 5.32 Å². The number of carbonyl (C=O) groups excluding carboxylic acids is 2. The smallest absolute Gasteiger partial charge is 0.358 e. The number of H-pyrrole nitrogens is 1. The number of rotatable bonds is 1. The van der Waals surface area contributed by atoms with Gasteiger partial charge in [0.25, 0.3) is 5.91 Å². The van der Waals surface area contributed by atoms with Gasteiger partial charge >= 0.3 is 6.18 Å². The highest BCUT2D eigenvalue weighted by Gasteiger charge is 2.24. The third kappa shape index (κ3) is 3.94. The molecule has 0 atom stereocenters. The number of nitrogens with zero attached hydrogens (tertiary/aromatic N) is 1. The van der Waals surface area contributed by atoms with Gasteiger partial charge < -0.3 is 10.3 Å². The Morgan fingerprint density at radius 1 is 1.32 bits per heavy atom. The molecule has 3 heterocycles. The summed E-state index contributed by atoms with van der Waals surface area (Å²) in [5, 5.41) is 2.83. The SMILES string of the molecule is O=C1NCCc2[nH]c(-c3cccnc3)cc21.O=CC(F)(F)F. The minimum absolute atomic E-state index is 0.00707. The molecule has 0 bridgehead atoms. The van der Waals surface area contributed by atoms with Crippen molar-refractivity contribution >= 4 is 12.2 Å². The van der Waals surface area contributed by atoms with Crippen LogP contribution in [0.5, 0.6) is 0 Å². The largest absolute Gasteiger partial charge is 0.446 e. The van der Waals surface area contributed by atoms with Crippen LogP contribution in [-0.4, -0.2) is 34.9 Å². The van der Waals surface area contributed by atoms with Crippen molar-refractivity contribution in [1.82, 2.24) is 15.3 Å². The Hall–Kier alpha value is -2.64. The molecule has 0 spiro atoms. The lowest BCUT2D eigenvalue weighted by Crippen LogP contribution is -2.31. The normalized spacial score (nSPS) is 13.5. The van der Waals surface area contributed by atoms with Crippen molar-refractivity contribution in [3.63, 3.8) is 0 Å². The molecule has 0 unspecified atom stereocenters. The molecule has 3 rings (SSSR count). The number of amides is 1. The number of hydrogen-bond donors (Lipinski definition) is 2. The molecule has 0 aromatic carbocycles. The zero-order valence-electron chi connectivity index (χ0n) is 11.3. The molecule has 8 heteroatoms. The van der Waals surface area contributed by atoms with Gasteiger partial charge in [-0.25, -0.2) is 0 Å². The molecule has 22 heavy (non-hydrogen) atoms. The summed E-state index contributed by atoms with van der Waals surface area (Å²) in [5.74, 6) is 0.00707. The van der Waals surface area contributed by atoms with Crippen molar-refractivity contribution < 1.29 is 22.8 Å². The van der Waals surface area contributed by atoms with E-state index in [1.54, 1.807) is 12.4 Å². The number of aldehydes is 1. The molecular weight excluding hydrogens is 299 g/mol. The van der Waals surface area contributed by atoms with Gasteiger partial charge in [-0.3, -0.25) is 14.6 Å². The van der Waals surface area contributed by atoms with Crippen molar-refractivity contribution in [2.75, 3.05) is 6.54 Å². The van der Waals surface area contributed by atoms with Crippen LogP contribution in [0.2, 0.25) is 0 Å². The third-order valence-electron chi connectivity index (χ3n) is 2.91. The van der Waals surface area contributed by atoms with E-state index in [0.29, 0.717) is 6.54 Å². The van der Waals surface area contributed by atoms with E-state index in [0.717, 1.165) is 28.9 Å². The van der Waals surface area contributed by atoms with Gasteiger partial charge in [0.05, 0.1) is 5.56 Å². The Morgan fingerprint density at radius 3 is 2.59 bits per heavy atom. The molecule has 0 saturated heterocycles. The van der Waals surface area contributed by atoms with E-state index in [9.17, 15) is 18.0 Å². The molecule has 1 amide bonds. The highest BCUT2D eigenvalue weighted by atomic mass is 19.4. The summed E-state index contributed by atoms with van der Waals surface area (Å²) in [6.07, 6.45) is -1.32. The minimum atomic E-state index is -4.64. The Kier molecular flexibility index (Phi) is 4.59. The topological polar surface area (TPSA) is 74.8 Å². The molecule has 0 fully saturated rings. The first kappa shape index (κ1) is 15.7. The lowest BCUT2D eigenvalue weighted by molar-refractivity contribution is -0.156. The average Bonchev–Trinajstić information content (AvgIpc) is 2.94. The van der Waals surface area contributed by atoms with E-state index in [-0.39, 0.29) is 5.91 Å². The molecule has 1 aliphatic heterocycles. The molecule has 0 aliphatic carbocycles. The van der Waals surface area contributed by atoms with Crippen molar-refractivity contribution in [2.24, 2.45) is 0 Å². The number of aromatic nitrogens is 2. The summed E-state index contributed by atoms with van der Waals surface area (Å²) in [6.45, 7) is 0.707. The predicted octanol–water partition coefficient (Wildman–Crippen LogP) is 2.11. The van der Waals surface area contributed by atoms with E-state index in [1.807, 2.05) is 18.2 Å². The van der Waals surface area contributed by atoms with Crippen LogP contribution in [0.25, 0.3) is 11.3 Å². The van der Waals surface area contributed by atoms with Gasteiger partial charge in [-0.2, -0.15) is 13.2 Å². The monoisotopic (exact) mass is 311 g/mol. The number of carbonyl (C=O) groups is 2. The van der Waals surface area contributed by atoms with Gasteiger partial charge in [0.15, 0.2) is 0 Å². The summed E-state index contributed by atoms with van der Waals surface area (Å²) in [6, 6.07) is 5.75. The second-order valence-electron chi connectivity index (χ2n) is 4.48. The van der Waals surface area contributed by atoms with Gasteiger partial charge in [-0.15, -0.1) is 0 Å². The fraction of sp³-hybridized carbons (Fsp3) is 0.214. The van der Waals surface area contributed by atoms with E-state index in [2.05, 4.69) is 15.3 Å². The number of hydrogen-bond acceptors (Lipinski definition) is 3. The Morgan fingerprint density at radius 2 is 2.05 bits per heavy atom. The number of nitrogens with one attached hydrogen (secondary N) is 2. The standard InChI is InChI=1S/C12H11N3O.C2HF3O/c16-12-9-6-11(8-2-1-4-13-7-8)15-10(9)3-5-14-12;3-2(4,5)1-6/h1-2,4,6-7,15H,3,5H2,(H,14,16);1H. The van der Waals surface area contributed by atoms with Crippen molar-refractivity contribution in [3.8, 4) is 11.3 Å². The Bertz CT molecular complexity index is 666. The quantitative estimate of drug-likeness (QED) is 0.792. The van der Waals surface area contributed by atoms with Crippen molar-refractivity contribution in [1.29, 1.82) is 0 Å². The van der Waals surface area contributed by atoms with Gasteiger partial charge in [0, 0.05) is 42.3 Å². The van der Waals surface area contributed by atoms with Crippen LogP contribution in [0.1, 0.15) is 16.1 Å². The molecule has 2 aromatic rings. The molecule has 0 radical (unpaired) electrons. The number of halogens is 3. The van der Waals surface area contributed by atoms with Crippen LogP contribution in [-0.2, 0) is 11.2 Å². The highest BCUT2D eigenvalue weighted by Crippen LogP contribution is 2.22. The van der Waals surface area contributed by atoms with E-state index in [1.165, 1.54) is 0 Å². The second-order valence-corrected chi connectivity index (χ2v) is 4.48. The fourth-order valence-electron chi connectivity index (χ4n) is 1.97. The number of aromatic amines is 1. The predicted molar refractivity (Wildman–Crippen MR) is 72.2 cm³/mol. The van der Waals surface area contributed by atoms with Gasteiger partial charge in [-0.1, -0.05) is 0 Å². The molecule has 116 valence electrons. The van der Waals surface area contributed by atoms with Crippen molar-refractivity contribution in [2.45, 2.75) is 12.6 Å². The molecule has 2 N–H and O–H groups in total. The minimum Gasteiger partial charge on any atom is -0.358 e. The van der Waals surface area contributed by atoms with Crippen LogP contribution in [0.3, 0.4) is 0 Å². The van der Waals surface area contributed by atoms with Gasteiger partial charge in [0.1, 0.15) is 0 Å². The Balaban J connectivity index is 0.000000254. The second kappa shape index (κ2) is 6.42. The zero-order chi connectivity index (χ0) is 16.2. The van der Waals surface area contributed by atoms with Crippen molar-refractivity contribution in [3.05, 3.63) is 41.9 Å². The fourth-order valence-corrected chi connectivity index (χ4v) is 1.97. The van der Waals surface area contributed by atoms with E-state index < -0.39 is 12.5 Å². The molecule has 5 nitrogen and oxygen atoms in total. The summed E-state index contributed by atoms with van der Waals surface area (Å²) in [7, 11) is 0. The molecule has 1 aliphatic rings. The molecule has 0 saturated carbocycles. The molecule has 2 aromatic heterocycles. The van der Waals surface area contributed by atoms with E-state index >= 15 is 0 Å². The summed E-state index contributed by atoms with van der Waals surface area (Å²) in [5.41, 5.74) is 3.73. The number of fused-ring (bicyclic) bond motifs is 1. The number of alkyl halides is 3.